The van der Waals surface area contributed by atoms with Crippen LogP contribution >= 0.6 is 0 Å². The van der Waals surface area contributed by atoms with Crippen molar-refractivity contribution in [2.45, 2.75) is 40.7 Å². The van der Waals surface area contributed by atoms with Crippen LogP contribution in [0.1, 0.15) is 39.7 Å². The van der Waals surface area contributed by atoms with Crippen molar-refractivity contribution >= 4 is 0 Å². The van der Waals surface area contributed by atoms with E-state index < -0.39 is 0 Å². The Morgan fingerprint density at radius 3 is 2.43 bits per heavy atom. The fourth-order valence-corrected chi connectivity index (χ4v) is 2.30. The average Bonchev–Trinajstić information content (AvgIpc) is 2.47. The zero-order valence-electron chi connectivity index (χ0n) is 14.2. The summed E-state index contributed by atoms with van der Waals surface area (Å²) in [6, 6.07) is 8.43. The molecule has 0 heterocycles. The maximum atomic E-state index is 5.84. The topological polar surface area (TPSA) is 24.5 Å². The molecular formula is C18H32N2O. The third kappa shape index (κ3) is 8.08. The van der Waals surface area contributed by atoms with E-state index in [0.717, 1.165) is 45.1 Å². The lowest BCUT2D eigenvalue weighted by molar-refractivity contribution is 0.200. The Balaban J connectivity index is 2.28. The van der Waals surface area contributed by atoms with E-state index in [9.17, 15) is 0 Å². The SMILES string of the molecule is CCCNCc1ccc(OCCN(CC)CC(C)C)cc1. The zero-order valence-corrected chi connectivity index (χ0v) is 14.2. The van der Waals surface area contributed by atoms with Gasteiger partial charge < -0.3 is 10.1 Å². The minimum absolute atomic E-state index is 0.708. The lowest BCUT2D eigenvalue weighted by Gasteiger charge is -2.22. The van der Waals surface area contributed by atoms with Crippen LogP contribution in [-0.2, 0) is 6.54 Å². The second-order valence-corrected chi connectivity index (χ2v) is 5.96. The number of benzene rings is 1. The van der Waals surface area contributed by atoms with Crippen molar-refractivity contribution in [3.8, 4) is 5.75 Å². The molecule has 3 nitrogen and oxygen atoms in total. The number of nitrogens with one attached hydrogen (secondary N) is 1. The van der Waals surface area contributed by atoms with Gasteiger partial charge >= 0.3 is 0 Å². The Morgan fingerprint density at radius 2 is 1.86 bits per heavy atom. The van der Waals surface area contributed by atoms with Gasteiger partial charge in [0, 0.05) is 19.6 Å². The monoisotopic (exact) mass is 292 g/mol. The summed E-state index contributed by atoms with van der Waals surface area (Å²) in [4.78, 5) is 2.44. The van der Waals surface area contributed by atoms with Gasteiger partial charge in [-0.05, 0) is 43.1 Å². The molecular weight excluding hydrogens is 260 g/mol. The molecule has 0 amide bonds. The summed E-state index contributed by atoms with van der Waals surface area (Å²) >= 11 is 0. The minimum Gasteiger partial charge on any atom is -0.492 e. The number of hydrogen-bond donors (Lipinski definition) is 1. The quantitative estimate of drug-likeness (QED) is 0.631. The zero-order chi connectivity index (χ0) is 15.5. The fraction of sp³-hybridized carbons (Fsp3) is 0.667. The van der Waals surface area contributed by atoms with Crippen LogP contribution in [0.25, 0.3) is 0 Å². The summed E-state index contributed by atoms with van der Waals surface area (Å²) < 4.78 is 5.84. The van der Waals surface area contributed by atoms with E-state index in [-0.39, 0.29) is 0 Å². The van der Waals surface area contributed by atoms with Crippen LogP contribution in [0.4, 0.5) is 0 Å². The highest BCUT2D eigenvalue weighted by atomic mass is 16.5. The molecule has 21 heavy (non-hydrogen) atoms. The second kappa shape index (κ2) is 10.6. The van der Waals surface area contributed by atoms with E-state index in [0.29, 0.717) is 5.92 Å². The highest BCUT2D eigenvalue weighted by molar-refractivity contribution is 5.27. The molecule has 3 heteroatoms. The first-order valence-electron chi connectivity index (χ1n) is 8.30. The van der Waals surface area contributed by atoms with Crippen molar-refractivity contribution < 1.29 is 4.74 Å². The van der Waals surface area contributed by atoms with Gasteiger partial charge in [-0.25, -0.2) is 0 Å². The Morgan fingerprint density at radius 1 is 1.14 bits per heavy atom. The van der Waals surface area contributed by atoms with Crippen molar-refractivity contribution in [1.29, 1.82) is 0 Å². The highest BCUT2D eigenvalue weighted by Crippen LogP contribution is 2.12. The molecule has 0 aliphatic carbocycles. The number of likely N-dealkylation sites (N-methyl/N-ethyl adjacent to an activating group) is 1. The molecule has 0 saturated heterocycles. The first-order valence-corrected chi connectivity index (χ1v) is 8.30. The maximum absolute atomic E-state index is 5.84. The lowest BCUT2D eigenvalue weighted by atomic mass is 10.2. The van der Waals surface area contributed by atoms with Gasteiger partial charge in [-0.3, -0.25) is 4.90 Å². The van der Waals surface area contributed by atoms with E-state index >= 15 is 0 Å². The van der Waals surface area contributed by atoms with Gasteiger partial charge in [0.2, 0.25) is 0 Å². The van der Waals surface area contributed by atoms with Crippen molar-refractivity contribution in [2.75, 3.05) is 32.8 Å². The molecule has 0 radical (unpaired) electrons. The molecule has 0 atom stereocenters. The summed E-state index contributed by atoms with van der Waals surface area (Å²) in [5, 5.41) is 3.41. The summed E-state index contributed by atoms with van der Waals surface area (Å²) in [5.74, 6) is 1.68. The molecule has 120 valence electrons. The van der Waals surface area contributed by atoms with E-state index in [2.05, 4.69) is 62.2 Å². The summed E-state index contributed by atoms with van der Waals surface area (Å²) in [5.41, 5.74) is 1.31. The molecule has 1 aromatic carbocycles. The summed E-state index contributed by atoms with van der Waals surface area (Å²) in [6.45, 7) is 14.9. The van der Waals surface area contributed by atoms with Crippen LogP contribution in [0.3, 0.4) is 0 Å². The fourth-order valence-electron chi connectivity index (χ4n) is 2.30. The van der Waals surface area contributed by atoms with Gasteiger partial charge in [0.1, 0.15) is 12.4 Å². The van der Waals surface area contributed by atoms with E-state index in [4.69, 9.17) is 4.74 Å². The Kier molecular flexibility index (Phi) is 9.11. The molecule has 0 aliphatic rings. The summed E-state index contributed by atoms with van der Waals surface area (Å²) in [6.07, 6.45) is 1.17. The summed E-state index contributed by atoms with van der Waals surface area (Å²) in [7, 11) is 0. The number of nitrogens with zero attached hydrogens (tertiary/aromatic N) is 1. The molecule has 0 bridgehead atoms. The van der Waals surface area contributed by atoms with E-state index in [1.807, 2.05) is 0 Å². The van der Waals surface area contributed by atoms with Crippen LogP contribution in [0.2, 0.25) is 0 Å². The van der Waals surface area contributed by atoms with Crippen LogP contribution in [0.5, 0.6) is 5.75 Å². The van der Waals surface area contributed by atoms with Gasteiger partial charge in [-0.15, -0.1) is 0 Å². The maximum Gasteiger partial charge on any atom is 0.119 e. The number of rotatable bonds is 11. The van der Waals surface area contributed by atoms with Crippen LogP contribution < -0.4 is 10.1 Å². The highest BCUT2D eigenvalue weighted by Gasteiger charge is 2.05. The first kappa shape index (κ1) is 18.0. The third-order valence-electron chi connectivity index (χ3n) is 3.43. The number of ether oxygens (including phenoxy) is 1. The van der Waals surface area contributed by atoms with Crippen molar-refractivity contribution in [3.05, 3.63) is 29.8 Å². The van der Waals surface area contributed by atoms with Crippen molar-refractivity contribution in [2.24, 2.45) is 5.92 Å². The third-order valence-corrected chi connectivity index (χ3v) is 3.43. The Hall–Kier alpha value is -1.06. The molecule has 0 saturated carbocycles. The molecule has 0 spiro atoms. The lowest BCUT2D eigenvalue weighted by Crippen LogP contribution is -2.31. The van der Waals surface area contributed by atoms with Crippen molar-refractivity contribution in [3.63, 3.8) is 0 Å². The predicted octanol–water partition coefficient (Wildman–Crippen LogP) is 3.54. The normalized spacial score (nSPS) is 11.3. The van der Waals surface area contributed by atoms with Gasteiger partial charge in [0.05, 0.1) is 0 Å². The standard InChI is InChI=1S/C18H32N2O/c1-5-11-19-14-17-7-9-18(10-8-17)21-13-12-20(6-2)15-16(3)4/h7-10,16,19H,5-6,11-15H2,1-4H3. The smallest absolute Gasteiger partial charge is 0.119 e. The largest absolute Gasteiger partial charge is 0.492 e. The first-order chi connectivity index (χ1) is 10.2. The predicted molar refractivity (Wildman–Crippen MR) is 90.9 cm³/mol. The van der Waals surface area contributed by atoms with Gasteiger partial charge in [-0.1, -0.05) is 39.8 Å². The molecule has 0 unspecified atom stereocenters. The minimum atomic E-state index is 0.708. The van der Waals surface area contributed by atoms with Crippen LogP contribution in [0, 0.1) is 5.92 Å². The molecule has 0 fully saturated rings. The Labute approximate surface area is 130 Å². The van der Waals surface area contributed by atoms with E-state index in [1.54, 1.807) is 0 Å². The second-order valence-electron chi connectivity index (χ2n) is 5.96. The number of hydrogen-bond acceptors (Lipinski definition) is 3. The average molecular weight is 292 g/mol. The van der Waals surface area contributed by atoms with Gasteiger partial charge in [0.15, 0.2) is 0 Å². The molecule has 1 aromatic rings. The van der Waals surface area contributed by atoms with Crippen molar-refractivity contribution in [1.82, 2.24) is 10.2 Å². The van der Waals surface area contributed by atoms with E-state index in [1.165, 1.54) is 12.0 Å². The molecule has 1 rings (SSSR count). The molecule has 1 N–H and O–H groups in total. The molecule has 0 aliphatic heterocycles. The molecule has 0 aromatic heterocycles. The van der Waals surface area contributed by atoms with Gasteiger partial charge in [0.25, 0.3) is 0 Å². The Bertz CT molecular complexity index is 362. The van der Waals surface area contributed by atoms with Gasteiger partial charge in [-0.2, -0.15) is 0 Å². The van der Waals surface area contributed by atoms with Crippen LogP contribution in [-0.4, -0.2) is 37.7 Å². The van der Waals surface area contributed by atoms with Crippen LogP contribution in [0.15, 0.2) is 24.3 Å².